The van der Waals surface area contributed by atoms with Gasteiger partial charge in [-0.3, -0.25) is 9.78 Å². The van der Waals surface area contributed by atoms with Gasteiger partial charge in [0.25, 0.3) is 5.92 Å². The monoisotopic (exact) mass is 327 g/mol. The van der Waals surface area contributed by atoms with E-state index in [4.69, 9.17) is 4.52 Å². The molecule has 124 valence electrons. The summed E-state index contributed by atoms with van der Waals surface area (Å²) < 4.78 is 32.0. The first-order valence-corrected chi connectivity index (χ1v) is 7.17. The predicted molar refractivity (Wildman–Crippen MR) is 72.9 cm³/mol. The Morgan fingerprint density at radius 2 is 2.26 bits per heavy atom. The quantitative estimate of drug-likeness (QED) is 0.737. The lowest BCUT2D eigenvalue weighted by atomic mass is 9.93. The summed E-state index contributed by atoms with van der Waals surface area (Å²) in [7, 11) is 0. The maximum atomic E-state index is 13.5. The molecule has 0 saturated carbocycles. The number of alkyl halides is 2. The molecule has 3 rings (SSSR count). The van der Waals surface area contributed by atoms with E-state index in [2.05, 4.69) is 25.7 Å². The van der Waals surface area contributed by atoms with Crippen LogP contribution >= 0.6 is 0 Å². The van der Waals surface area contributed by atoms with Gasteiger partial charge < -0.3 is 9.84 Å². The van der Waals surface area contributed by atoms with Crippen molar-refractivity contribution in [1.29, 1.82) is 0 Å². The van der Waals surface area contributed by atoms with E-state index in [-0.39, 0.29) is 38.1 Å². The number of carbonyl (C=O) groups excluding carboxylic acids is 1. The summed E-state index contributed by atoms with van der Waals surface area (Å²) in [6.45, 7) is 0.0326. The summed E-state index contributed by atoms with van der Waals surface area (Å²) in [5.74, 6) is -2.21. The molecule has 0 aliphatic heterocycles. The second-order valence-corrected chi connectivity index (χ2v) is 5.46. The number of aromatic nitrogens is 4. The summed E-state index contributed by atoms with van der Waals surface area (Å²) >= 11 is 0. The van der Waals surface area contributed by atoms with Gasteiger partial charge in [-0.25, -0.2) is 18.7 Å². The Morgan fingerprint density at radius 3 is 3.00 bits per heavy atom. The van der Waals surface area contributed by atoms with Crippen LogP contribution in [0.3, 0.4) is 0 Å². The second-order valence-electron chi connectivity index (χ2n) is 5.46. The van der Waals surface area contributed by atoms with Crippen LogP contribution < -0.4 is 11.0 Å². The lowest BCUT2D eigenvalue weighted by Gasteiger charge is -2.20. The summed E-state index contributed by atoms with van der Waals surface area (Å²) in [5.41, 5.74) is 0.287. The molecule has 0 unspecified atom stereocenters. The third-order valence-electron chi connectivity index (χ3n) is 3.70. The molecule has 1 aliphatic carbocycles. The van der Waals surface area contributed by atoms with Crippen molar-refractivity contribution in [3.63, 3.8) is 0 Å². The molecular formula is C13H15F2N5O3. The van der Waals surface area contributed by atoms with Gasteiger partial charge in [-0.1, -0.05) is 5.16 Å². The fraction of sp³-hybridized carbons (Fsp3) is 0.538. The second kappa shape index (κ2) is 5.94. The lowest BCUT2D eigenvalue weighted by molar-refractivity contribution is -0.121. The van der Waals surface area contributed by atoms with Crippen LogP contribution in [-0.2, 0) is 30.6 Å². The van der Waals surface area contributed by atoms with E-state index >= 15 is 0 Å². The maximum absolute atomic E-state index is 13.5. The van der Waals surface area contributed by atoms with Gasteiger partial charge in [0, 0.05) is 37.7 Å². The predicted octanol–water partition coefficient (Wildman–Crippen LogP) is 0.459. The van der Waals surface area contributed by atoms with Crippen molar-refractivity contribution in [2.75, 3.05) is 0 Å². The molecule has 10 heteroatoms. The smallest absolute Gasteiger partial charge is 0.340 e. The zero-order valence-electron chi connectivity index (χ0n) is 12.1. The van der Waals surface area contributed by atoms with Crippen LogP contribution in [0.4, 0.5) is 8.78 Å². The first-order chi connectivity index (χ1) is 10.9. The van der Waals surface area contributed by atoms with Crippen LogP contribution in [0, 0.1) is 0 Å². The molecule has 23 heavy (non-hydrogen) atoms. The van der Waals surface area contributed by atoms with Gasteiger partial charge in [0.2, 0.25) is 5.91 Å². The first kappa shape index (κ1) is 15.4. The molecule has 0 bridgehead atoms. The highest BCUT2D eigenvalue weighted by Gasteiger charge is 2.37. The van der Waals surface area contributed by atoms with Crippen LogP contribution in [-0.4, -0.2) is 32.2 Å². The topological polar surface area (TPSA) is 117 Å². The van der Waals surface area contributed by atoms with Crippen LogP contribution in [0.25, 0.3) is 0 Å². The molecule has 0 atom stereocenters. The fourth-order valence-corrected chi connectivity index (χ4v) is 2.49. The highest BCUT2D eigenvalue weighted by atomic mass is 19.3. The van der Waals surface area contributed by atoms with Gasteiger partial charge >= 0.3 is 5.69 Å². The van der Waals surface area contributed by atoms with Crippen LogP contribution in [0.2, 0.25) is 0 Å². The Balaban J connectivity index is 1.53. The number of rotatable bonds is 5. The standard InChI is InChI=1S/C13H15F2N5O3/c14-13(15)4-3-9-7(5-13)8(20-23-9)6-16-11(21)2-1-10-17-12(22)19-18-10/h1-6H2,(H,16,21)(H2,17,18,19,22). The third kappa shape index (κ3) is 3.63. The number of amides is 1. The summed E-state index contributed by atoms with van der Waals surface area (Å²) in [6.07, 6.45) is -0.138. The van der Waals surface area contributed by atoms with E-state index in [0.29, 0.717) is 22.8 Å². The molecule has 0 radical (unpaired) electrons. The Morgan fingerprint density at radius 1 is 1.43 bits per heavy atom. The molecule has 0 spiro atoms. The van der Waals surface area contributed by atoms with Gasteiger partial charge in [0.05, 0.1) is 6.54 Å². The lowest BCUT2D eigenvalue weighted by Crippen LogP contribution is -2.28. The van der Waals surface area contributed by atoms with Crippen molar-refractivity contribution in [3.05, 3.63) is 33.3 Å². The van der Waals surface area contributed by atoms with Gasteiger partial charge in [0.1, 0.15) is 17.3 Å². The Bertz CT molecular complexity index is 764. The van der Waals surface area contributed by atoms with Crippen LogP contribution in [0.1, 0.15) is 35.7 Å². The number of aromatic amines is 2. The van der Waals surface area contributed by atoms with E-state index in [1.165, 1.54) is 0 Å². The molecule has 3 N–H and O–H groups in total. The summed E-state index contributed by atoms with van der Waals surface area (Å²) in [6, 6.07) is 0. The molecule has 0 fully saturated rings. The van der Waals surface area contributed by atoms with Crippen molar-refractivity contribution < 1.29 is 18.1 Å². The van der Waals surface area contributed by atoms with Crippen LogP contribution in [0.5, 0.6) is 0 Å². The fourth-order valence-electron chi connectivity index (χ4n) is 2.49. The van der Waals surface area contributed by atoms with Crippen molar-refractivity contribution in [1.82, 2.24) is 25.7 Å². The minimum atomic E-state index is -2.76. The Hall–Kier alpha value is -2.52. The molecule has 2 heterocycles. The van der Waals surface area contributed by atoms with Crippen molar-refractivity contribution >= 4 is 5.91 Å². The number of fused-ring (bicyclic) bond motifs is 1. The van der Waals surface area contributed by atoms with Crippen LogP contribution in [0.15, 0.2) is 9.32 Å². The van der Waals surface area contributed by atoms with E-state index < -0.39 is 18.0 Å². The highest BCUT2D eigenvalue weighted by molar-refractivity contribution is 5.76. The zero-order chi connectivity index (χ0) is 16.4. The molecule has 0 saturated heterocycles. The van der Waals surface area contributed by atoms with E-state index in [0.717, 1.165) is 0 Å². The number of hydrogen-bond donors (Lipinski definition) is 3. The molecule has 8 nitrogen and oxygen atoms in total. The normalized spacial score (nSPS) is 16.1. The highest BCUT2D eigenvalue weighted by Crippen LogP contribution is 2.34. The van der Waals surface area contributed by atoms with E-state index in [1.54, 1.807) is 0 Å². The van der Waals surface area contributed by atoms with E-state index in [1.807, 2.05) is 0 Å². The first-order valence-electron chi connectivity index (χ1n) is 7.17. The maximum Gasteiger partial charge on any atom is 0.340 e. The number of nitrogens with one attached hydrogen (secondary N) is 3. The Labute approximate surface area is 128 Å². The minimum Gasteiger partial charge on any atom is -0.361 e. The number of carbonyl (C=O) groups is 1. The van der Waals surface area contributed by atoms with Crippen molar-refractivity contribution in [2.24, 2.45) is 0 Å². The van der Waals surface area contributed by atoms with Gasteiger partial charge in [0.15, 0.2) is 0 Å². The third-order valence-corrected chi connectivity index (χ3v) is 3.70. The Kier molecular flexibility index (Phi) is 3.97. The van der Waals surface area contributed by atoms with Crippen molar-refractivity contribution in [3.8, 4) is 0 Å². The van der Waals surface area contributed by atoms with Gasteiger partial charge in [-0.05, 0) is 0 Å². The van der Waals surface area contributed by atoms with Gasteiger partial charge in [-0.2, -0.15) is 5.10 Å². The summed E-state index contributed by atoms with van der Waals surface area (Å²) in [5, 5.41) is 12.3. The van der Waals surface area contributed by atoms with Crippen molar-refractivity contribution in [2.45, 2.75) is 44.6 Å². The number of halogens is 2. The molecule has 0 aromatic carbocycles. The van der Waals surface area contributed by atoms with Gasteiger partial charge in [-0.15, -0.1) is 0 Å². The molecule has 2 aromatic heterocycles. The van der Waals surface area contributed by atoms with E-state index in [9.17, 15) is 18.4 Å². The SMILES string of the molecule is O=C(CCc1n[nH]c(=O)[nH]1)NCc1noc2c1CC(F)(F)CC2. The molecule has 1 amide bonds. The molecular weight excluding hydrogens is 312 g/mol. The average Bonchev–Trinajstić information content (AvgIpc) is 3.08. The molecule has 2 aromatic rings. The average molecular weight is 327 g/mol. The summed E-state index contributed by atoms with van der Waals surface area (Å²) in [4.78, 5) is 25.1. The number of H-pyrrole nitrogens is 2. The number of nitrogens with zero attached hydrogens (tertiary/aromatic N) is 2. The minimum absolute atomic E-state index is 0.0326. The molecule has 1 aliphatic rings. The largest absolute Gasteiger partial charge is 0.361 e. The zero-order valence-corrected chi connectivity index (χ0v) is 12.1. The number of aryl methyl sites for hydroxylation is 2. The number of hydrogen-bond acceptors (Lipinski definition) is 5.